The summed E-state index contributed by atoms with van der Waals surface area (Å²) < 4.78 is 42.0. The molecule has 3 rings (SSSR count). The minimum absolute atomic E-state index is 0.0122. The summed E-state index contributed by atoms with van der Waals surface area (Å²) in [6.07, 6.45) is 0.773. The normalized spacial score (nSPS) is 15.4. The van der Waals surface area contributed by atoms with Crippen LogP contribution in [0.25, 0.3) is 0 Å². The first-order valence-electron chi connectivity index (χ1n) is 10.1. The molecular weight excluding hydrogens is 443 g/mol. The topological polar surface area (TPSA) is 90.5 Å². The Morgan fingerprint density at radius 3 is 2.58 bits per heavy atom. The zero-order chi connectivity index (χ0) is 22.6. The summed E-state index contributed by atoms with van der Waals surface area (Å²) in [7, 11) is -4.06. The van der Waals surface area contributed by atoms with Gasteiger partial charge >= 0.3 is 0 Å². The highest BCUT2D eigenvalue weighted by atomic mass is 35.5. The second kappa shape index (κ2) is 9.84. The number of amides is 1. The lowest BCUT2D eigenvalue weighted by Crippen LogP contribution is -2.43. The van der Waals surface area contributed by atoms with Gasteiger partial charge < -0.3 is 15.5 Å². The van der Waals surface area contributed by atoms with Gasteiger partial charge in [0.2, 0.25) is 0 Å². The van der Waals surface area contributed by atoms with Crippen LogP contribution >= 0.6 is 11.6 Å². The lowest BCUT2D eigenvalue weighted by Gasteiger charge is -2.31. The fourth-order valence-corrected chi connectivity index (χ4v) is 4.53. The van der Waals surface area contributed by atoms with Crippen molar-refractivity contribution < 1.29 is 17.6 Å². The number of halogens is 2. The molecule has 7 nitrogen and oxygen atoms in total. The van der Waals surface area contributed by atoms with Crippen LogP contribution in [-0.2, 0) is 10.0 Å². The third-order valence-electron chi connectivity index (χ3n) is 5.15. The Balaban J connectivity index is 1.98. The molecule has 0 spiro atoms. The van der Waals surface area contributed by atoms with Crippen molar-refractivity contribution in [2.75, 3.05) is 35.8 Å². The van der Waals surface area contributed by atoms with Crippen molar-refractivity contribution in [2.24, 2.45) is 0 Å². The van der Waals surface area contributed by atoms with Gasteiger partial charge in [0.1, 0.15) is 5.82 Å². The summed E-state index contributed by atoms with van der Waals surface area (Å²) >= 11 is 5.77. The van der Waals surface area contributed by atoms with E-state index in [0.29, 0.717) is 24.3 Å². The van der Waals surface area contributed by atoms with E-state index < -0.39 is 15.8 Å². The smallest absolute Gasteiger partial charge is 0.262 e. The Hall–Kier alpha value is -2.36. The SMILES string of the molecule is CCC(C)NC(=O)c1ccc(N2CCNCC2)c(NS(=O)(=O)c2ccc(F)c(Cl)c2)c1. The molecule has 0 aliphatic carbocycles. The highest BCUT2D eigenvalue weighted by Gasteiger charge is 2.22. The van der Waals surface area contributed by atoms with E-state index in [9.17, 15) is 17.6 Å². The van der Waals surface area contributed by atoms with Gasteiger partial charge in [0, 0.05) is 37.8 Å². The molecule has 0 bridgehead atoms. The molecule has 3 N–H and O–H groups in total. The Morgan fingerprint density at radius 1 is 1.23 bits per heavy atom. The first kappa shape index (κ1) is 23.3. The average Bonchev–Trinajstić information content (AvgIpc) is 2.75. The Morgan fingerprint density at radius 2 is 1.94 bits per heavy atom. The van der Waals surface area contributed by atoms with Crippen LogP contribution in [0.3, 0.4) is 0 Å². The molecule has 10 heteroatoms. The number of nitrogens with one attached hydrogen (secondary N) is 3. The number of hydrogen-bond donors (Lipinski definition) is 3. The van der Waals surface area contributed by atoms with Gasteiger partial charge in [-0.05, 0) is 49.7 Å². The Kier molecular flexibility index (Phi) is 7.40. The van der Waals surface area contributed by atoms with Gasteiger partial charge in [-0.2, -0.15) is 0 Å². The Labute approximate surface area is 187 Å². The average molecular weight is 469 g/mol. The van der Waals surface area contributed by atoms with Crippen molar-refractivity contribution in [2.45, 2.75) is 31.2 Å². The number of nitrogens with zero attached hydrogens (tertiary/aromatic N) is 1. The first-order chi connectivity index (χ1) is 14.7. The summed E-state index contributed by atoms with van der Waals surface area (Å²) in [6.45, 7) is 6.76. The van der Waals surface area contributed by atoms with E-state index >= 15 is 0 Å². The van der Waals surface area contributed by atoms with E-state index in [0.717, 1.165) is 37.7 Å². The summed E-state index contributed by atoms with van der Waals surface area (Å²) in [5, 5.41) is 5.85. The lowest BCUT2D eigenvalue weighted by atomic mass is 10.1. The second-order valence-electron chi connectivity index (χ2n) is 7.43. The summed E-state index contributed by atoms with van der Waals surface area (Å²) in [6, 6.07) is 8.15. The Bertz CT molecular complexity index is 1060. The van der Waals surface area contributed by atoms with Gasteiger partial charge in [0.15, 0.2) is 0 Å². The van der Waals surface area contributed by atoms with Crippen LogP contribution in [0.15, 0.2) is 41.3 Å². The molecule has 1 amide bonds. The number of piperazine rings is 1. The van der Waals surface area contributed by atoms with Crippen LogP contribution in [0, 0.1) is 5.82 Å². The van der Waals surface area contributed by atoms with Crippen LogP contribution in [-0.4, -0.2) is 46.5 Å². The largest absolute Gasteiger partial charge is 0.367 e. The van der Waals surface area contributed by atoms with E-state index in [-0.39, 0.29) is 27.6 Å². The monoisotopic (exact) mass is 468 g/mol. The molecule has 31 heavy (non-hydrogen) atoms. The highest BCUT2D eigenvalue weighted by Crippen LogP contribution is 2.31. The highest BCUT2D eigenvalue weighted by molar-refractivity contribution is 7.92. The van der Waals surface area contributed by atoms with Crippen molar-refractivity contribution in [3.05, 3.63) is 52.8 Å². The van der Waals surface area contributed by atoms with Gasteiger partial charge in [-0.3, -0.25) is 9.52 Å². The van der Waals surface area contributed by atoms with E-state index in [1.807, 2.05) is 18.7 Å². The predicted octanol–water partition coefficient (Wildman–Crippen LogP) is 3.22. The molecule has 168 valence electrons. The molecule has 1 saturated heterocycles. The molecule has 0 aromatic heterocycles. The number of rotatable bonds is 7. The molecule has 1 unspecified atom stereocenters. The van der Waals surface area contributed by atoms with E-state index in [4.69, 9.17) is 11.6 Å². The van der Waals surface area contributed by atoms with Crippen molar-refractivity contribution in [1.82, 2.24) is 10.6 Å². The van der Waals surface area contributed by atoms with Crippen molar-refractivity contribution in [1.29, 1.82) is 0 Å². The van der Waals surface area contributed by atoms with Crippen LogP contribution in [0.1, 0.15) is 30.6 Å². The maximum atomic E-state index is 13.5. The van der Waals surface area contributed by atoms with Crippen molar-refractivity contribution in [3.63, 3.8) is 0 Å². The van der Waals surface area contributed by atoms with Gasteiger partial charge in [-0.1, -0.05) is 18.5 Å². The lowest BCUT2D eigenvalue weighted by molar-refractivity contribution is 0.0939. The molecule has 1 heterocycles. The summed E-state index contributed by atoms with van der Waals surface area (Å²) in [5.41, 5.74) is 1.28. The van der Waals surface area contributed by atoms with E-state index in [1.54, 1.807) is 12.1 Å². The molecule has 1 fully saturated rings. The molecule has 1 aliphatic heterocycles. The van der Waals surface area contributed by atoms with Crippen LogP contribution in [0.4, 0.5) is 15.8 Å². The van der Waals surface area contributed by atoms with Crippen LogP contribution in [0.2, 0.25) is 5.02 Å². The maximum Gasteiger partial charge on any atom is 0.262 e. The van der Waals surface area contributed by atoms with E-state index in [2.05, 4.69) is 15.4 Å². The van der Waals surface area contributed by atoms with Gasteiger partial charge in [-0.25, -0.2) is 12.8 Å². The first-order valence-corrected chi connectivity index (χ1v) is 12.0. The molecule has 1 aliphatic rings. The number of carbonyl (C=O) groups excluding carboxylic acids is 1. The van der Waals surface area contributed by atoms with E-state index in [1.165, 1.54) is 6.07 Å². The number of sulfonamides is 1. The minimum Gasteiger partial charge on any atom is -0.367 e. The molecule has 0 radical (unpaired) electrons. The van der Waals surface area contributed by atoms with Gasteiger partial charge in [0.05, 0.1) is 21.3 Å². The third kappa shape index (κ3) is 5.66. The third-order valence-corrected chi connectivity index (χ3v) is 6.80. The van der Waals surface area contributed by atoms with Crippen molar-refractivity contribution in [3.8, 4) is 0 Å². The molecule has 0 saturated carbocycles. The van der Waals surface area contributed by atoms with Gasteiger partial charge in [-0.15, -0.1) is 0 Å². The van der Waals surface area contributed by atoms with Crippen LogP contribution in [0.5, 0.6) is 0 Å². The number of hydrogen-bond acceptors (Lipinski definition) is 5. The number of benzene rings is 2. The minimum atomic E-state index is -4.06. The predicted molar refractivity (Wildman–Crippen MR) is 121 cm³/mol. The molecule has 1 atom stereocenters. The van der Waals surface area contributed by atoms with Gasteiger partial charge in [0.25, 0.3) is 15.9 Å². The maximum absolute atomic E-state index is 13.5. The number of anilines is 2. The number of carbonyl (C=O) groups is 1. The second-order valence-corrected chi connectivity index (χ2v) is 9.52. The summed E-state index contributed by atoms with van der Waals surface area (Å²) in [5.74, 6) is -0.989. The van der Waals surface area contributed by atoms with Crippen molar-refractivity contribution >= 4 is 38.9 Å². The quantitative estimate of drug-likeness (QED) is 0.580. The fraction of sp³-hybridized carbons (Fsp3) is 0.381. The molecular formula is C21H26ClFN4O3S. The zero-order valence-corrected chi connectivity index (χ0v) is 19.0. The fourth-order valence-electron chi connectivity index (χ4n) is 3.20. The summed E-state index contributed by atoms with van der Waals surface area (Å²) in [4.78, 5) is 14.5. The van der Waals surface area contributed by atoms with Crippen LogP contribution < -0.4 is 20.3 Å². The molecule has 2 aromatic carbocycles. The zero-order valence-electron chi connectivity index (χ0n) is 17.4. The molecule has 2 aromatic rings. The standard InChI is InChI=1S/C21H26ClFN4O3S/c1-3-14(2)25-21(28)15-4-7-20(27-10-8-24-9-11-27)19(12-15)26-31(29,30)16-5-6-18(23)17(22)13-16/h4-7,12-14,24,26H,3,8-11H2,1-2H3,(H,25,28).